The highest BCUT2D eigenvalue weighted by atomic mass is 32.1. The number of methoxy groups -OCH3 is 1. The number of hydrogen-bond acceptors (Lipinski definition) is 7. The molecule has 3 rings (SSSR count). The Hall–Kier alpha value is -3.01. The van der Waals surface area contributed by atoms with Crippen LogP contribution in [0.25, 0.3) is 5.69 Å². The number of urea groups is 1. The second-order valence-electron chi connectivity index (χ2n) is 6.13. The summed E-state index contributed by atoms with van der Waals surface area (Å²) in [6, 6.07) is 4.96. The number of amides is 2. The Kier molecular flexibility index (Phi) is 5.97. The van der Waals surface area contributed by atoms with Gasteiger partial charge in [-0.05, 0) is 22.4 Å². The van der Waals surface area contributed by atoms with Crippen molar-refractivity contribution in [2.75, 3.05) is 19.0 Å². The Bertz CT molecular complexity index is 893. The van der Waals surface area contributed by atoms with Crippen LogP contribution < -0.4 is 15.4 Å². The molecule has 0 aliphatic heterocycles. The first-order valence-corrected chi connectivity index (χ1v) is 9.34. The van der Waals surface area contributed by atoms with Gasteiger partial charge >= 0.3 is 6.03 Å². The van der Waals surface area contributed by atoms with E-state index in [1.54, 1.807) is 36.6 Å². The van der Waals surface area contributed by atoms with Crippen molar-refractivity contribution in [1.82, 2.24) is 30.5 Å². The largest absolute Gasteiger partial charge is 0.497 e. The average Bonchev–Trinajstić information content (AvgIpc) is 3.33. The summed E-state index contributed by atoms with van der Waals surface area (Å²) >= 11 is 1.62. The Labute approximate surface area is 160 Å². The van der Waals surface area contributed by atoms with Gasteiger partial charge in [0.1, 0.15) is 12.1 Å². The van der Waals surface area contributed by atoms with E-state index < -0.39 is 0 Å². The Morgan fingerprint density at radius 2 is 2.19 bits per heavy atom. The molecule has 0 saturated carbocycles. The molecule has 0 spiro atoms. The first kappa shape index (κ1) is 18.8. The molecular weight excluding hydrogens is 366 g/mol. The van der Waals surface area contributed by atoms with Crippen LogP contribution in [0.4, 0.5) is 10.5 Å². The van der Waals surface area contributed by atoms with Gasteiger partial charge in [0.2, 0.25) is 0 Å². The van der Waals surface area contributed by atoms with Crippen LogP contribution in [0.1, 0.15) is 30.5 Å². The molecule has 0 aliphatic carbocycles. The summed E-state index contributed by atoms with van der Waals surface area (Å²) in [5.41, 5.74) is 2.35. The second-order valence-corrected chi connectivity index (χ2v) is 7.07. The lowest BCUT2D eigenvalue weighted by molar-refractivity contribution is 0.252. The molecule has 0 radical (unpaired) electrons. The van der Waals surface area contributed by atoms with Gasteiger partial charge in [-0.2, -0.15) is 0 Å². The molecule has 10 heteroatoms. The Morgan fingerprint density at radius 3 is 2.85 bits per heavy atom. The van der Waals surface area contributed by atoms with E-state index in [9.17, 15) is 4.79 Å². The highest BCUT2D eigenvalue weighted by Gasteiger charge is 2.09. The van der Waals surface area contributed by atoms with E-state index in [0.717, 1.165) is 10.7 Å². The summed E-state index contributed by atoms with van der Waals surface area (Å²) in [5, 5.41) is 19.8. The van der Waals surface area contributed by atoms with Gasteiger partial charge < -0.3 is 15.4 Å². The number of carbonyl (C=O) groups is 1. The van der Waals surface area contributed by atoms with E-state index in [-0.39, 0.29) is 6.03 Å². The maximum Gasteiger partial charge on any atom is 0.319 e. The fraction of sp³-hybridized carbons (Fsp3) is 0.353. The van der Waals surface area contributed by atoms with Gasteiger partial charge in [0, 0.05) is 36.2 Å². The topological polar surface area (TPSA) is 107 Å². The number of carbonyl (C=O) groups excluding carboxylic acids is 1. The van der Waals surface area contributed by atoms with Crippen LogP contribution in [-0.4, -0.2) is 44.9 Å². The molecule has 2 amide bonds. The van der Waals surface area contributed by atoms with Gasteiger partial charge in [-0.25, -0.2) is 14.5 Å². The molecule has 0 atom stereocenters. The van der Waals surface area contributed by atoms with Gasteiger partial charge in [-0.15, -0.1) is 16.4 Å². The maximum atomic E-state index is 12.2. The predicted molar refractivity (Wildman–Crippen MR) is 103 cm³/mol. The van der Waals surface area contributed by atoms with Crippen LogP contribution in [0, 0.1) is 0 Å². The minimum Gasteiger partial charge on any atom is -0.497 e. The van der Waals surface area contributed by atoms with Crippen molar-refractivity contribution in [3.05, 3.63) is 40.6 Å². The third-order valence-electron chi connectivity index (χ3n) is 3.78. The molecule has 9 nitrogen and oxygen atoms in total. The van der Waals surface area contributed by atoms with E-state index in [1.165, 1.54) is 11.0 Å². The molecule has 2 heterocycles. The summed E-state index contributed by atoms with van der Waals surface area (Å²) in [6.45, 7) is 4.73. The molecule has 2 aromatic heterocycles. The van der Waals surface area contributed by atoms with Crippen LogP contribution in [-0.2, 0) is 6.42 Å². The smallest absolute Gasteiger partial charge is 0.319 e. The highest BCUT2D eigenvalue weighted by Crippen LogP contribution is 2.23. The van der Waals surface area contributed by atoms with Crippen molar-refractivity contribution in [1.29, 1.82) is 0 Å². The van der Waals surface area contributed by atoms with Crippen LogP contribution in [0.2, 0.25) is 0 Å². The lowest BCUT2D eigenvalue weighted by Gasteiger charge is -2.10. The van der Waals surface area contributed by atoms with Crippen LogP contribution in [0.15, 0.2) is 29.9 Å². The normalized spacial score (nSPS) is 10.8. The molecule has 142 valence electrons. The van der Waals surface area contributed by atoms with Crippen molar-refractivity contribution in [2.24, 2.45) is 0 Å². The van der Waals surface area contributed by atoms with Gasteiger partial charge in [0.25, 0.3) is 0 Å². The van der Waals surface area contributed by atoms with E-state index in [1.807, 2.05) is 0 Å². The summed E-state index contributed by atoms with van der Waals surface area (Å²) in [5.74, 6) is 0.996. The Balaban J connectivity index is 1.57. The third-order valence-corrected chi connectivity index (χ3v) is 4.71. The number of benzene rings is 1. The number of tetrazole rings is 1. The van der Waals surface area contributed by atoms with Crippen molar-refractivity contribution in [3.63, 3.8) is 0 Å². The minimum atomic E-state index is -0.299. The Morgan fingerprint density at radius 1 is 1.33 bits per heavy atom. The number of rotatable bonds is 7. The zero-order chi connectivity index (χ0) is 19.2. The first-order valence-electron chi connectivity index (χ1n) is 8.46. The zero-order valence-electron chi connectivity index (χ0n) is 15.3. The highest BCUT2D eigenvalue weighted by molar-refractivity contribution is 7.09. The number of hydrogen-bond donors (Lipinski definition) is 2. The van der Waals surface area contributed by atoms with Gasteiger partial charge in [-0.1, -0.05) is 13.8 Å². The molecule has 0 saturated heterocycles. The van der Waals surface area contributed by atoms with E-state index in [2.05, 4.69) is 50.4 Å². The predicted octanol–water partition coefficient (Wildman–Crippen LogP) is 2.62. The van der Waals surface area contributed by atoms with E-state index in [4.69, 9.17) is 4.74 Å². The van der Waals surface area contributed by atoms with Crippen LogP contribution in [0.3, 0.4) is 0 Å². The van der Waals surface area contributed by atoms with E-state index >= 15 is 0 Å². The van der Waals surface area contributed by atoms with E-state index in [0.29, 0.717) is 36.0 Å². The van der Waals surface area contributed by atoms with Crippen molar-refractivity contribution >= 4 is 23.1 Å². The quantitative estimate of drug-likeness (QED) is 0.645. The zero-order valence-corrected chi connectivity index (χ0v) is 16.2. The van der Waals surface area contributed by atoms with Crippen molar-refractivity contribution < 1.29 is 9.53 Å². The second kappa shape index (κ2) is 8.58. The number of aromatic nitrogens is 5. The summed E-state index contributed by atoms with van der Waals surface area (Å²) in [6.07, 6.45) is 2.16. The number of anilines is 1. The molecule has 27 heavy (non-hydrogen) atoms. The molecule has 3 aromatic rings. The minimum absolute atomic E-state index is 0.299. The number of nitrogens with zero attached hydrogens (tertiary/aromatic N) is 5. The molecule has 0 fully saturated rings. The summed E-state index contributed by atoms with van der Waals surface area (Å²) < 4.78 is 6.76. The standard InChI is InChI=1S/C17H21N7O2S/c1-11(2)15-9-27-16(21-15)4-5-18-17(25)20-12-6-13(8-14(7-12)26-3)24-10-19-22-23-24/h6-11H,4-5H2,1-3H3,(H2,18,20,25). The molecule has 0 aliphatic rings. The lowest BCUT2D eigenvalue weighted by Crippen LogP contribution is -2.30. The fourth-order valence-electron chi connectivity index (χ4n) is 2.35. The lowest BCUT2D eigenvalue weighted by atomic mass is 10.2. The molecule has 0 unspecified atom stereocenters. The fourth-order valence-corrected chi connectivity index (χ4v) is 3.31. The van der Waals surface area contributed by atoms with Gasteiger partial charge in [0.15, 0.2) is 0 Å². The number of ether oxygens (including phenoxy) is 1. The molecular formula is C17H21N7O2S. The maximum absolute atomic E-state index is 12.2. The SMILES string of the molecule is COc1cc(NC(=O)NCCc2nc(C(C)C)cs2)cc(-n2cnnn2)c1. The van der Waals surface area contributed by atoms with Gasteiger partial charge in [0.05, 0.1) is 23.5 Å². The summed E-state index contributed by atoms with van der Waals surface area (Å²) in [7, 11) is 1.56. The third kappa shape index (κ3) is 5.00. The number of nitrogens with one attached hydrogen (secondary N) is 2. The monoisotopic (exact) mass is 387 g/mol. The number of thiazole rings is 1. The average molecular weight is 387 g/mol. The molecule has 0 bridgehead atoms. The van der Waals surface area contributed by atoms with Gasteiger partial charge in [-0.3, -0.25) is 0 Å². The molecule has 1 aromatic carbocycles. The van der Waals surface area contributed by atoms with Crippen molar-refractivity contribution in [2.45, 2.75) is 26.2 Å². The molecule has 2 N–H and O–H groups in total. The first-order chi connectivity index (χ1) is 13.0. The van der Waals surface area contributed by atoms with Crippen LogP contribution >= 0.6 is 11.3 Å². The summed E-state index contributed by atoms with van der Waals surface area (Å²) in [4.78, 5) is 16.7. The van der Waals surface area contributed by atoms with Crippen LogP contribution in [0.5, 0.6) is 5.75 Å². The van der Waals surface area contributed by atoms with Crippen molar-refractivity contribution in [3.8, 4) is 11.4 Å².